The van der Waals surface area contributed by atoms with Crippen LogP contribution in [0.2, 0.25) is 0 Å². The Hall–Kier alpha value is -1.47. The van der Waals surface area contributed by atoms with Crippen LogP contribution < -0.4 is 10.6 Å². The van der Waals surface area contributed by atoms with E-state index in [1.807, 2.05) is 14.0 Å². The van der Waals surface area contributed by atoms with Crippen LogP contribution >= 0.6 is 0 Å². The van der Waals surface area contributed by atoms with Crippen molar-refractivity contribution in [2.45, 2.75) is 25.4 Å². The normalized spacial score (nSPS) is 21.6. The number of carbonyl (C=O) groups excluding carboxylic acids is 1. The minimum atomic E-state index is -0.144. The van der Waals surface area contributed by atoms with Gasteiger partial charge in [-0.3, -0.25) is 4.79 Å². The molecule has 2 unspecified atom stereocenters. The Morgan fingerprint density at radius 1 is 1.78 bits per heavy atom. The molecule has 1 aliphatic rings. The van der Waals surface area contributed by atoms with E-state index >= 15 is 0 Å². The maximum Gasteiger partial charge on any atom is 0.222 e. The average molecular weight is 253 g/mol. The van der Waals surface area contributed by atoms with Crippen LogP contribution in [-0.4, -0.2) is 46.5 Å². The number of nitrogens with zero attached hydrogens (tertiary/aromatic N) is 3. The van der Waals surface area contributed by atoms with Gasteiger partial charge in [-0.2, -0.15) is 0 Å². The van der Waals surface area contributed by atoms with Crippen LogP contribution in [0, 0.1) is 0 Å². The van der Waals surface area contributed by atoms with Gasteiger partial charge in [-0.15, -0.1) is 10.2 Å². The van der Waals surface area contributed by atoms with Crippen LogP contribution in [0.15, 0.2) is 6.33 Å². The first-order valence-electron chi connectivity index (χ1n) is 6.11. The molecule has 100 valence electrons. The summed E-state index contributed by atoms with van der Waals surface area (Å²) < 4.78 is 7.11. The quantitative estimate of drug-likeness (QED) is 0.747. The predicted molar refractivity (Wildman–Crippen MR) is 64.8 cm³/mol. The molecule has 0 aliphatic carbocycles. The summed E-state index contributed by atoms with van der Waals surface area (Å²) in [7, 11) is 1.86. The Balaban J connectivity index is 1.81. The summed E-state index contributed by atoms with van der Waals surface area (Å²) in [6, 6.07) is -0.0417. The van der Waals surface area contributed by atoms with Crippen molar-refractivity contribution in [2.24, 2.45) is 7.05 Å². The lowest BCUT2D eigenvalue weighted by atomic mass is 10.2. The van der Waals surface area contributed by atoms with Gasteiger partial charge < -0.3 is 19.9 Å². The molecule has 18 heavy (non-hydrogen) atoms. The number of hydrogen-bond acceptors (Lipinski definition) is 5. The maximum absolute atomic E-state index is 11.9. The standard InChI is InChI=1S/C11H19N5O2/c1-8(11-15-13-7-16(11)2)14-10(17)5-9-6-18-4-3-12-9/h7-9,12H,3-6H2,1-2H3,(H,14,17). The van der Waals surface area contributed by atoms with E-state index in [2.05, 4.69) is 20.8 Å². The van der Waals surface area contributed by atoms with Crippen LogP contribution in [0.25, 0.3) is 0 Å². The van der Waals surface area contributed by atoms with Crippen molar-refractivity contribution in [3.8, 4) is 0 Å². The lowest BCUT2D eigenvalue weighted by molar-refractivity contribution is -0.123. The molecule has 0 radical (unpaired) electrons. The molecule has 2 rings (SSSR count). The van der Waals surface area contributed by atoms with Gasteiger partial charge in [0.1, 0.15) is 6.33 Å². The summed E-state index contributed by atoms with van der Waals surface area (Å²) in [6.45, 7) is 4.00. The Bertz CT molecular complexity index is 400. The zero-order valence-electron chi connectivity index (χ0n) is 10.7. The Kier molecular flexibility index (Phi) is 4.27. The van der Waals surface area contributed by atoms with Gasteiger partial charge in [0.25, 0.3) is 0 Å². The van der Waals surface area contributed by atoms with E-state index in [-0.39, 0.29) is 18.0 Å². The molecule has 2 heterocycles. The third kappa shape index (κ3) is 3.27. The third-order valence-electron chi connectivity index (χ3n) is 2.94. The molecule has 0 spiro atoms. The monoisotopic (exact) mass is 253 g/mol. The molecule has 1 saturated heterocycles. The first-order valence-corrected chi connectivity index (χ1v) is 6.11. The van der Waals surface area contributed by atoms with Crippen molar-refractivity contribution in [3.63, 3.8) is 0 Å². The van der Waals surface area contributed by atoms with Gasteiger partial charge >= 0.3 is 0 Å². The highest BCUT2D eigenvalue weighted by Crippen LogP contribution is 2.08. The number of morpholine rings is 1. The Morgan fingerprint density at radius 3 is 3.22 bits per heavy atom. The van der Waals surface area contributed by atoms with Crippen molar-refractivity contribution >= 4 is 5.91 Å². The smallest absolute Gasteiger partial charge is 0.222 e. The second-order valence-electron chi connectivity index (χ2n) is 4.52. The molecule has 1 aromatic rings. The first kappa shape index (κ1) is 13.0. The average Bonchev–Trinajstić information content (AvgIpc) is 2.76. The number of aryl methyl sites for hydroxylation is 1. The highest BCUT2D eigenvalue weighted by Gasteiger charge is 2.19. The summed E-state index contributed by atoms with van der Waals surface area (Å²) in [5, 5.41) is 13.9. The molecule has 0 bridgehead atoms. The zero-order valence-corrected chi connectivity index (χ0v) is 10.7. The SMILES string of the molecule is CC(NC(=O)CC1COCCN1)c1nncn1C. The molecule has 2 N–H and O–H groups in total. The van der Waals surface area contributed by atoms with Crippen molar-refractivity contribution in [2.75, 3.05) is 19.8 Å². The number of hydrogen-bond donors (Lipinski definition) is 2. The molecule has 1 fully saturated rings. The predicted octanol–water partition coefficient (Wildman–Crippen LogP) is -0.629. The van der Waals surface area contributed by atoms with E-state index in [0.29, 0.717) is 19.6 Å². The Labute approximate surface area is 106 Å². The van der Waals surface area contributed by atoms with Gasteiger partial charge in [0.15, 0.2) is 5.82 Å². The lowest BCUT2D eigenvalue weighted by Crippen LogP contribution is -2.44. The number of carbonyl (C=O) groups is 1. The summed E-state index contributed by atoms with van der Waals surface area (Å²) in [4.78, 5) is 11.9. The maximum atomic E-state index is 11.9. The van der Waals surface area contributed by atoms with Crippen molar-refractivity contribution < 1.29 is 9.53 Å². The van der Waals surface area contributed by atoms with Gasteiger partial charge in [-0.05, 0) is 6.92 Å². The van der Waals surface area contributed by atoms with Crippen LogP contribution in [0.3, 0.4) is 0 Å². The van der Waals surface area contributed by atoms with Crippen LogP contribution in [-0.2, 0) is 16.6 Å². The minimum Gasteiger partial charge on any atom is -0.378 e. The van der Waals surface area contributed by atoms with Gasteiger partial charge in [0.2, 0.25) is 5.91 Å². The zero-order chi connectivity index (χ0) is 13.0. The molecule has 0 aromatic carbocycles. The third-order valence-corrected chi connectivity index (χ3v) is 2.94. The largest absolute Gasteiger partial charge is 0.378 e. The second kappa shape index (κ2) is 5.92. The van der Waals surface area contributed by atoms with E-state index in [4.69, 9.17) is 4.74 Å². The molecule has 1 aromatic heterocycles. The molecular weight excluding hydrogens is 234 g/mol. The second-order valence-corrected chi connectivity index (χ2v) is 4.52. The van der Waals surface area contributed by atoms with E-state index in [0.717, 1.165) is 12.4 Å². The van der Waals surface area contributed by atoms with Crippen LogP contribution in [0.4, 0.5) is 0 Å². The number of amides is 1. The van der Waals surface area contributed by atoms with Crippen molar-refractivity contribution in [1.82, 2.24) is 25.4 Å². The summed E-state index contributed by atoms with van der Waals surface area (Å²) in [5.41, 5.74) is 0. The van der Waals surface area contributed by atoms with Gasteiger partial charge in [-0.1, -0.05) is 0 Å². The molecule has 1 amide bonds. The minimum absolute atomic E-state index is 0.00602. The summed E-state index contributed by atoms with van der Waals surface area (Å²) in [5.74, 6) is 0.740. The summed E-state index contributed by atoms with van der Waals surface area (Å²) in [6.07, 6.45) is 2.04. The van der Waals surface area contributed by atoms with Crippen LogP contribution in [0.5, 0.6) is 0 Å². The van der Waals surface area contributed by atoms with E-state index in [1.165, 1.54) is 0 Å². The molecule has 7 nitrogen and oxygen atoms in total. The number of aromatic nitrogens is 3. The molecule has 0 saturated carbocycles. The summed E-state index contributed by atoms with van der Waals surface area (Å²) >= 11 is 0. The van der Waals surface area contributed by atoms with E-state index in [1.54, 1.807) is 10.9 Å². The lowest BCUT2D eigenvalue weighted by Gasteiger charge is -2.23. The fourth-order valence-electron chi connectivity index (χ4n) is 2.02. The van der Waals surface area contributed by atoms with E-state index in [9.17, 15) is 4.79 Å². The fraction of sp³-hybridized carbons (Fsp3) is 0.727. The first-order chi connectivity index (χ1) is 8.66. The van der Waals surface area contributed by atoms with Crippen molar-refractivity contribution in [1.29, 1.82) is 0 Å². The molecular formula is C11H19N5O2. The molecule has 1 aliphatic heterocycles. The van der Waals surface area contributed by atoms with Crippen LogP contribution in [0.1, 0.15) is 25.2 Å². The van der Waals surface area contributed by atoms with Gasteiger partial charge in [0, 0.05) is 26.1 Å². The fourth-order valence-corrected chi connectivity index (χ4v) is 2.02. The Morgan fingerprint density at radius 2 is 2.61 bits per heavy atom. The van der Waals surface area contributed by atoms with Gasteiger partial charge in [-0.25, -0.2) is 0 Å². The molecule has 7 heteroatoms. The van der Waals surface area contributed by atoms with E-state index < -0.39 is 0 Å². The highest BCUT2D eigenvalue weighted by molar-refractivity contribution is 5.77. The van der Waals surface area contributed by atoms with Gasteiger partial charge in [0.05, 0.1) is 19.3 Å². The molecule has 2 atom stereocenters. The van der Waals surface area contributed by atoms with Crippen molar-refractivity contribution in [3.05, 3.63) is 12.2 Å². The number of rotatable bonds is 4. The topological polar surface area (TPSA) is 81.1 Å². The number of nitrogens with one attached hydrogen (secondary N) is 2. The highest BCUT2D eigenvalue weighted by atomic mass is 16.5. The number of ether oxygens (including phenoxy) is 1.